The second kappa shape index (κ2) is 8.93. The molecule has 2 aliphatic rings. The first-order valence-electron chi connectivity index (χ1n) is 11.1. The van der Waals surface area contributed by atoms with E-state index < -0.39 is 11.4 Å². The van der Waals surface area contributed by atoms with Crippen LogP contribution < -0.4 is 10.2 Å². The second-order valence-corrected chi connectivity index (χ2v) is 9.63. The lowest BCUT2D eigenvalue weighted by atomic mass is 9.77. The number of pyridine rings is 1. The van der Waals surface area contributed by atoms with Gasteiger partial charge in [-0.3, -0.25) is 4.79 Å². The molecule has 0 bridgehead atoms. The predicted octanol–water partition coefficient (Wildman–Crippen LogP) is 3.03. The van der Waals surface area contributed by atoms with E-state index in [0.717, 1.165) is 24.0 Å². The Kier molecular flexibility index (Phi) is 6.35. The van der Waals surface area contributed by atoms with E-state index in [2.05, 4.69) is 13.8 Å². The minimum atomic E-state index is -1.25. The maximum atomic E-state index is 12.6. The van der Waals surface area contributed by atoms with Crippen molar-refractivity contribution in [1.82, 2.24) is 4.57 Å². The number of nitrogens with zero attached hydrogens (tertiary/aromatic N) is 1. The third-order valence-electron chi connectivity index (χ3n) is 6.89. The van der Waals surface area contributed by atoms with Gasteiger partial charge in [0.1, 0.15) is 17.4 Å². The fourth-order valence-electron chi connectivity index (χ4n) is 4.90. The lowest BCUT2D eigenvalue weighted by Gasteiger charge is -2.41. The highest BCUT2D eigenvalue weighted by atomic mass is 16.5. The molecular formula is C25H31NO7. The van der Waals surface area contributed by atoms with Crippen molar-refractivity contribution >= 4 is 5.97 Å². The minimum absolute atomic E-state index is 0.0376. The molecule has 1 fully saturated rings. The number of aromatic carboxylic acids is 1. The second-order valence-electron chi connectivity index (χ2n) is 9.63. The third kappa shape index (κ3) is 4.30. The van der Waals surface area contributed by atoms with Gasteiger partial charge in [-0.1, -0.05) is 13.8 Å². The Bertz CT molecular complexity index is 1110. The molecule has 0 saturated heterocycles. The molecule has 0 spiro atoms. The minimum Gasteiger partial charge on any atom is -0.490 e. The van der Waals surface area contributed by atoms with Crippen LogP contribution in [-0.2, 0) is 22.5 Å². The number of carbonyl (C=O) groups is 1. The molecule has 8 nitrogen and oxygen atoms in total. The maximum Gasteiger partial charge on any atom is 0.341 e. The largest absolute Gasteiger partial charge is 0.490 e. The van der Waals surface area contributed by atoms with Crippen molar-refractivity contribution in [2.75, 3.05) is 20.8 Å². The predicted molar refractivity (Wildman–Crippen MR) is 122 cm³/mol. The number of hydrogen-bond acceptors (Lipinski definition) is 6. The molecule has 1 aromatic heterocycles. The standard InChI is InChI=1S/C25H31NO7/c1-25(2,13-31-3)23-7-14-6-22(33-17-8-16(9-17)32-4)15(12-27)5-18(14)20-10-21(28)19(24(29)30)11-26(20)23/h5-6,10-11,16-17,23,27H,7-9,12-13H2,1-4H3,(H,29,30). The molecule has 2 aromatic rings. The molecule has 1 aliphatic carbocycles. The molecule has 1 atom stereocenters. The van der Waals surface area contributed by atoms with Crippen LogP contribution in [-0.4, -0.2) is 53.8 Å². The fraction of sp³-hybridized carbons (Fsp3) is 0.520. The molecule has 2 N–H and O–H groups in total. The normalized spacial score (nSPS) is 21.7. The molecule has 1 aromatic carbocycles. The van der Waals surface area contributed by atoms with Crippen LogP contribution in [0, 0.1) is 5.41 Å². The van der Waals surface area contributed by atoms with Gasteiger partial charge in [0.15, 0.2) is 5.43 Å². The van der Waals surface area contributed by atoms with Gasteiger partial charge in [-0.25, -0.2) is 4.79 Å². The summed E-state index contributed by atoms with van der Waals surface area (Å²) in [4.78, 5) is 24.3. The number of rotatable bonds is 8. The number of methoxy groups -OCH3 is 2. The van der Waals surface area contributed by atoms with Crippen LogP contribution >= 0.6 is 0 Å². The van der Waals surface area contributed by atoms with Crippen LogP contribution in [0.3, 0.4) is 0 Å². The lowest BCUT2D eigenvalue weighted by molar-refractivity contribution is -0.0387. The van der Waals surface area contributed by atoms with Crippen molar-refractivity contribution in [3.8, 4) is 17.0 Å². The Morgan fingerprint density at radius 1 is 1.18 bits per heavy atom. The van der Waals surface area contributed by atoms with Gasteiger partial charge in [0.2, 0.25) is 0 Å². The molecular weight excluding hydrogens is 426 g/mol. The Morgan fingerprint density at radius 2 is 1.91 bits per heavy atom. The summed E-state index contributed by atoms with van der Waals surface area (Å²) in [5.74, 6) is -0.615. The van der Waals surface area contributed by atoms with Gasteiger partial charge in [0.05, 0.1) is 25.0 Å². The molecule has 1 unspecified atom stereocenters. The highest BCUT2D eigenvalue weighted by molar-refractivity contribution is 5.87. The first kappa shape index (κ1) is 23.5. The van der Waals surface area contributed by atoms with Gasteiger partial charge in [-0.2, -0.15) is 0 Å². The van der Waals surface area contributed by atoms with Crippen LogP contribution in [0.1, 0.15) is 54.2 Å². The Morgan fingerprint density at radius 3 is 2.52 bits per heavy atom. The SMILES string of the molecule is COCC(C)(C)C1Cc2cc(OC3CC(OC)C3)c(CO)cc2-c2cc(=O)c(C(=O)O)cn21. The van der Waals surface area contributed by atoms with Crippen molar-refractivity contribution in [3.05, 3.63) is 51.3 Å². The number of aromatic nitrogens is 1. The lowest BCUT2D eigenvalue weighted by Crippen LogP contribution is -2.39. The van der Waals surface area contributed by atoms with E-state index in [0.29, 0.717) is 30.0 Å². The molecule has 4 rings (SSSR count). The number of aliphatic hydroxyl groups excluding tert-OH is 1. The number of carboxylic acids is 1. The van der Waals surface area contributed by atoms with Crippen LogP contribution in [0.5, 0.6) is 5.75 Å². The van der Waals surface area contributed by atoms with Gasteiger partial charge < -0.3 is 29.0 Å². The number of benzene rings is 1. The molecule has 1 aliphatic heterocycles. The van der Waals surface area contributed by atoms with E-state index in [9.17, 15) is 19.8 Å². The van der Waals surface area contributed by atoms with E-state index in [1.807, 2.05) is 16.7 Å². The third-order valence-corrected chi connectivity index (χ3v) is 6.89. The highest BCUT2D eigenvalue weighted by Gasteiger charge is 2.37. The van der Waals surface area contributed by atoms with Crippen LogP contribution in [0.4, 0.5) is 0 Å². The summed E-state index contributed by atoms with van der Waals surface area (Å²) in [5, 5.41) is 19.6. The summed E-state index contributed by atoms with van der Waals surface area (Å²) >= 11 is 0. The molecule has 2 heterocycles. The first-order chi connectivity index (χ1) is 15.7. The summed E-state index contributed by atoms with van der Waals surface area (Å²) in [6.45, 7) is 4.37. The summed E-state index contributed by atoms with van der Waals surface area (Å²) < 4.78 is 18.9. The number of hydrogen-bond donors (Lipinski definition) is 2. The summed E-state index contributed by atoms with van der Waals surface area (Å²) in [7, 11) is 3.33. The zero-order valence-electron chi connectivity index (χ0n) is 19.5. The molecule has 33 heavy (non-hydrogen) atoms. The zero-order valence-corrected chi connectivity index (χ0v) is 19.5. The number of aliphatic hydroxyl groups is 1. The van der Waals surface area contributed by atoms with Crippen molar-refractivity contribution in [2.45, 2.75) is 58.0 Å². The van der Waals surface area contributed by atoms with Crippen LogP contribution in [0.15, 0.2) is 29.2 Å². The molecule has 0 amide bonds. The Labute approximate surface area is 192 Å². The average Bonchev–Trinajstić information content (AvgIpc) is 2.74. The topological polar surface area (TPSA) is 107 Å². The molecule has 8 heteroatoms. The van der Waals surface area contributed by atoms with E-state index >= 15 is 0 Å². The molecule has 178 valence electrons. The number of carboxylic acid groups (broad SMARTS) is 1. The van der Waals surface area contributed by atoms with Gasteiger partial charge in [0.25, 0.3) is 0 Å². The summed E-state index contributed by atoms with van der Waals surface area (Å²) in [5.41, 5.74) is 1.89. The molecule has 0 radical (unpaired) electrons. The summed E-state index contributed by atoms with van der Waals surface area (Å²) in [6.07, 6.45) is 3.89. The molecule has 1 saturated carbocycles. The number of fused-ring (bicyclic) bond motifs is 3. The Hall–Kier alpha value is -2.68. The van der Waals surface area contributed by atoms with Crippen molar-refractivity contribution < 1.29 is 29.2 Å². The maximum absolute atomic E-state index is 12.6. The van der Waals surface area contributed by atoms with E-state index in [4.69, 9.17) is 14.2 Å². The van der Waals surface area contributed by atoms with Gasteiger partial charge in [-0.05, 0) is 24.1 Å². The zero-order chi connectivity index (χ0) is 23.9. The van der Waals surface area contributed by atoms with E-state index in [1.54, 1.807) is 14.2 Å². The van der Waals surface area contributed by atoms with Crippen molar-refractivity contribution in [1.29, 1.82) is 0 Å². The van der Waals surface area contributed by atoms with Crippen LogP contribution in [0.2, 0.25) is 0 Å². The first-order valence-corrected chi connectivity index (χ1v) is 11.1. The van der Waals surface area contributed by atoms with Crippen molar-refractivity contribution in [2.24, 2.45) is 5.41 Å². The summed E-state index contributed by atoms with van der Waals surface area (Å²) in [6, 6.07) is 5.04. The van der Waals surface area contributed by atoms with E-state index in [1.165, 1.54) is 12.3 Å². The average molecular weight is 458 g/mol. The van der Waals surface area contributed by atoms with Gasteiger partial charge in [-0.15, -0.1) is 0 Å². The van der Waals surface area contributed by atoms with Crippen LogP contribution in [0.25, 0.3) is 11.3 Å². The van der Waals surface area contributed by atoms with Gasteiger partial charge >= 0.3 is 5.97 Å². The van der Waals surface area contributed by atoms with Gasteiger partial charge in [0, 0.05) is 61.9 Å². The van der Waals surface area contributed by atoms with E-state index in [-0.39, 0.29) is 35.8 Å². The number of ether oxygens (including phenoxy) is 3. The highest BCUT2D eigenvalue weighted by Crippen LogP contribution is 2.45. The fourth-order valence-corrected chi connectivity index (χ4v) is 4.90. The smallest absolute Gasteiger partial charge is 0.341 e. The monoisotopic (exact) mass is 457 g/mol. The van der Waals surface area contributed by atoms with Crippen molar-refractivity contribution in [3.63, 3.8) is 0 Å². The quantitative estimate of drug-likeness (QED) is 0.627. The Balaban J connectivity index is 1.82.